The van der Waals surface area contributed by atoms with Crippen LogP contribution in [0.25, 0.3) is 10.8 Å². The van der Waals surface area contributed by atoms with Gasteiger partial charge in [0.1, 0.15) is 5.75 Å². The van der Waals surface area contributed by atoms with E-state index in [1.54, 1.807) is 30.3 Å². The van der Waals surface area contributed by atoms with Gasteiger partial charge < -0.3 is 15.2 Å². The van der Waals surface area contributed by atoms with Crippen LogP contribution in [0.4, 0.5) is 5.69 Å². The first-order valence-corrected chi connectivity index (χ1v) is 8.48. The van der Waals surface area contributed by atoms with E-state index >= 15 is 0 Å². The maximum Gasteiger partial charge on any atom is 0.337 e. The Balaban J connectivity index is 1.62. The van der Waals surface area contributed by atoms with Crippen LogP contribution in [0.1, 0.15) is 15.9 Å². The molecule has 0 radical (unpaired) electrons. The van der Waals surface area contributed by atoms with E-state index in [2.05, 4.69) is 20.6 Å². The Morgan fingerprint density at radius 1 is 1.11 bits per heavy atom. The minimum atomic E-state index is -0.401. The summed E-state index contributed by atoms with van der Waals surface area (Å²) in [5.41, 5.74) is 4.41. The number of benzene rings is 3. The van der Waals surface area contributed by atoms with E-state index in [0.29, 0.717) is 16.8 Å². The lowest BCUT2D eigenvalue weighted by Gasteiger charge is -2.08. The third-order valence-corrected chi connectivity index (χ3v) is 4.06. The predicted molar refractivity (Wildman–Crippen MR) is 110 cm³/mol. The normalized spacial score (nSPS) is 10.7. The number of aromatic hydroxyl groups is 1. The molecule has 0 aliphatic rings. The summed E-state index contributed by atoms with van der Waals surface area (Å²) in [6, 6.07) is 17.9. The van der Waals surface area contributed by atoms with E-state index in [1.165, 1.54) is 13.3 Å². The first-order chi connectivity index (χ1) is 13.1. The number of nitrogens with zero attached hydrogens (tertiary/aromatic N) is 1. The molecule has 0 aliphatic heterocycles. The summed E-state index contributed by atoms with van der Waals surface area (Å²) in [6.07, 6.45) is 1.50. The van der Waals surface area contributed by atoms with Gasteiger partial charge in [-0.1, -0.05) is 30.3 Å². The monoisotopic (exact) mass is 379 g/mol. The summed E-state index contributed by atoms with van der Waals surface area (Å²) < 4.78 is 4.65. The number of phenolic OH excluding ortho intramolecular Hbond substituents is 1. The number of fused-ring (bicyclic) bond motifs is 1. The third-order valence-electron chi connectivity index (χ3n) is 3.87. The maximum atomic E-state index is 11.4. The number of anilines is 1. The number of esters is 1. The third kappa shape index (κ3) is 4.39. The van der Waals surface area contributed by atoms with Crippen molar-refractivity contribution in [3.8, 4) is 5.75 Å². The van der Waals surface area contributed by atoms with E-state index in [9.17, 15) is 9.90 Å². The second kappa shape index (κ2) is 8.29. The molecule has 0 atom stereocenters. The first kappa shape index (κ1) is 18.3. The molecule has 0 fully saturated rings. The van der Waals surface area contributed by atoms with E-state index in [-0.39, 0.29) is 10.9 Å². The Kier molecular flexibility index (Phi) is 5.63. The van der Waals surface area contributed by atoms with Gasteiger partial charge in [-0.25, -0.2) is 4.79 Å². The summed E-state index contributed by atoms with van der Waals surface area (Å²) in [6.45, 7) is 0. The zero-order chi connectivity index (χ0) is 19.2. The number of nitrogens with one attached hydrogen (secondary N) is 2. The molecule has 3 aromatic carbocycles. The molecule has 0 unspecified atom stereocenters. The largest absolute Gasteiger partial charge is 0.507 e. The summed E-state index contributed by atoms with van der Waals surface area (Å²) in [4.78, 5) is 11.4. The zero-order valence-electron chi connectivity index (χ0n) is 14.5. The molecule has 136 valence electrons. The van der Waals surface area contributed by atoms with Gasteiger partial charge in [-0.05, 0) is 47.9 Å². The van der Waals surface area contributed by atoms with Crippen LogP contribution in [-0.2, 0) is 4.74 Å². The predicted octanol–water partition coefficient (Wildman–Crippen LogP) is 3.65. The van der Waals surface area contributed by atoms with E-state index in [0.717, 1.165) is 10.8 Å². The van der Waals surface area contributed by atoms with Crippen LogP contribution in [-0.4, -0.2) is 29.5 Å². The molecular formula is C20H17N3O3S. The zero-order valence-corrected chi connectivity index (χ0v) is 15.3. The van der Waals surface area contributed by atoms with Crippen molar-refractivity contribution in [2.45, 2.75) is 0 Å². The van der Waals surface area contributed by atoms with Gasteiger partial charge >= 0.3 is 5.97 Å². The summed E-state index contributed by atoms with van der Waals surface area (Å²) in [7, 11) is 1.33. The molecule has 3 N–H and O–H groups in total. The molecule has 0 aliphatic carbocycles. The van der Waals surface area contributed by atoms with Crippen LogP contribution >= 0.6 is 12.2 Å². The highest BCUT2D eigenvalue weighted by molar-refractivity contribution is 7.80. The quantitative estimate of drug-likeness (QED) is 0.278. The Hall–Kier alpha value is -3.45. The smallest absolute Gasteiger partial charge is 0.337 e. The van der Waals surface area contributed by atoms with Crippen molar-refractivity contribution in [1.29, 1.82) is 0 Å². The van der Waals surface area contributed by atoms with E-state index < -0.39 is 5.97 Å². The van der Waals surface area contributed by atoms with Gasteiger partial charge in [-0.15, -0.1) is 0 Å². The topological polar surface area (TPSA) is 83.0 Å². The van der Waals surface area contributed by atoms with Crippen molar-refractivity contribution < 1.29 is 14.6 Å². The highest BCUT2D eigenvalue weighted by Crippen LogP contribution is 2.27. The van der Waals surface area contributed by atoms with Gasteiger partial charge in [0, 0.05) is 16.6 Å². The van der Waals surface area contributed by atoms with Crippen LogP contribution in [0, 0.1) is 0 Å². The highest BCUT2D eigenvalue weighted by atomic mass is 32.1. The van der Waals surface area contributed by atoms with Gasteiger partial charge in [0.05, 0.1) is 18.9 Å². The standard InChI is InChI=1S/C20H17N3O3S/c1-26-19(25)14-8-10-16(11-9-14)22-20(27)23-21-12-15-7-6-13-4-2-3-5-17(13)18(15)24/h2-12,24H,1H3,(H2,22,23,27)/b21-12+. The number of methoxy groups -OCH3 is 1. The number of hydrogen-bond donors (Lipinski definition) is 3. The average molecular weight is 379 g/mol. The van der Waals surface area contributed by atoms with E-state index in [4.69, 9.17) is 12.2 Å². The number of ether oxygens (including phenoxy) is 1. The fourth-order valence-electron chi connectivity index (χ4n) is 2.50. The molecule has 0 bridgehead atoms. The highest BCUT2D eigenvalue weighted by Gasteiger charge is 2.05. The summed E-state index contributed by atoms with van der Waals surface area (Å²) in [5, 5.41) is 19.3. The Morgan fingerprint density at radius 2 is 1.85 bits per heavy atom. The molecule has 0 amide bonds. The number of hydrazone groups is 1. The lowest BCUT2D eigenvalue weighted by atomic mass is 10.1. The van der Waals surface area contributed by atoms with Crippen molar-refractivity contribution in [3.63, 3.8) is 0 Å². The summed E-state index contributed by atoms with van der Waals surface area (Å²) in [5.74, 6) is -0.238. The number of thiocarbonyl (C=S) groups is 1. The minimum Gasteiger partial charge on any atom is -0.507 e. The summed E-state index contributed by atoms with van der Waals surface area (Å²) >= 11 is 5.18. The number of rotatable bonds is 4. The molecule has 0 saturated heterocycles. The Morgan fingerprint density at radius 3 is 2.59 bits per heavy atom. The molecule has 3 rings (SSSR count). The molecule has 0 spiro atoms. The van der Waals surface area contributed by atoms with Crippen LogP contribution in [0.3, 0.4) is 0 Å². The fraction of sp³-hybridized carbons (Fsp3) is 0.0500. The van der Waals surface area contributed by atoms with Crippen LogP contribution in [0.15, 0.2) is 65.8 Å². The number of carbonyl (C=O) groups is 1. The SMILES string of the molecule is COC(=O)c1ccc(NC(=S)N/N=C/c2ccc3ccccc3c2O)cc1. The van der Waals surface area contributed by atoms with Gasteiger partial charge in [-0.2, -0.15) is 5.10 Å². The lowest BCUT2D eigenvalue weighted by Crippen LogP contribution is -2.23. The molecule has 6 nitrogen and oxygen atoms in total. The van der Waals surface area contributed by atoms with Crippen molar-refractivity contribution in [1.82, 2.24) is 5.43 Å². The van der Waals surface area contributed by atoms with Gasteiger partial charge in [0.25, 0.3) is 0 Å². The molecule has 3 aromatic rings. The molecule has 27 heavy (non-hydrogen) atoms. The number of carbonyl (C=O) groups excluding carboxylic acids is 1. The van der Waals surface area contributed by atoms with Crippen molar-refractivity contribution in [2.24, 2.45) is 5.10 Å². The number of hydrogen-bond acceptors (Lipinski definition) is 5. The number of phenols is 1. The first-order valence-electron chi connectivity index (χ1n) is 8.07. The molecule has 7 heteroatoms. The van der Waals surface area contributed by atoms with Crippen molar-refractivity contribution in [3.05, 3.63) is 71.8 Å². The van der Waals surface area contributed by atoms with Crippen molar-refractivity contribution >= 4 is 46.0 Å². The molecular weight excluding hydrogens is 362 g/mol. The Bertz CT molecular complexity index is 1020. The van der Waals surface area contributed by atoms with Gasteiger partial charge in [0.2, 0.25) is 0 Å². The molecule has 0 heterocycles. The van der Waals surface area contributed by atoms with Crippen LogP contribution in [0.5, 0.6) is 5.75 Å². The minimum absolute atomic E-state index is 0.163. The van der Waals surface area contributed by atoms with Crippen LogP contribution < -0.4 is 10.7 Å². The fourth-order valence-corrected chi connectivity index (χ4v) is 2.67. The second-order valence-electron chi connectivity index (χ2n) is 5.62. The Labute approximate surface area is 161 Å². The second-order valence-corrected chi connectivity index (χ2v) is 6.03. The molecule has 0 saturated carbocycles. The maximum absolute atomic E-state index is 11.4. The van der Waals surface area contributed by atoms with Gasteiger partial charge in [-0.3, -0.25) is 5.43 Å². The molecule has 0 aromatic heterocycles. The van der Waals surface area contributed by atoms with Crippen LogP contribution in [0.2, 0.25) is 0 Å². The van der Waals surface area contributed by atoms with Gasteiger partial charge in [0.15, 0.2) is 5.11 Å². The van der Waals surface area contributed by atoms with E-state index in [1.807, 2.05) is 30.3 Å². The average Bonchev–Trinajstić information content (AvgIpc) is 2.70. The van der Waals surface area contributed by atoms with Crippen molar-refractivity contribution in [2.75, 3.05) is 12.4 Å². The lowest BCUT2D eigenvalue weighted by molar-refractivity contribution is 0.0601.